The molecule has 0 saturated heterocycles. The highest BCUT2D eigenvalue weighted by Gasteiger charge is 2.21. The van der Waals surface area contributed by atoms with Gasteiger partial charge in [-0.1, -0.05) is 56.6 Å². The van der Waals surface area contributed by atoms with Crippen molar-refractivity contribution in [3.05, 3.63) is 51.8 Å². The number of aliphatic hydroxyl groups excluding tert-OH is 1. The van der Waals surface area contributed by atoms with Crippen LogP contribution in [0.3, 0.4) is 0 Å². The lowest BCUT2D eigenvalue weighted by Gasteiger charge is -2.19. The van der Waals surface area contributed by atoms with E-state index in [0.29, 0.717) is 28.5 Å². The van der Waals surface area contributed by atoms with Gasteiger partial charge in [-0.3, -0.25) is 4.68 Å². The second-order valence-corrected chi connectivity index (χ2v) is 7.10. The minimum atomic E-state index is -0.145. The molecule has 0 aliphatic rings. The molecule has 0 aliphatic heterocycles. The maximum Gasteiger partial charge on any atom is 0.160 e. The molecule has 126 valence electrons. The zero-order chi connectivity index (χ0) is 18.1. The van der Waals surface area contributed by atoms with Crippen LogP contribution in [0.2, 0.25) is 5.02 Å². The Morgan fingerprint density at radius 2 is 1.88 bits per heavy atom. The number of aromatic nitrogens is 2. The molecule has 0 bridgehead atoms. The average molecular weight is 344 g/mol. The zero-order valence-electron chi connectivity index (χ0n) is 14.7. The summed E-state index contributed by atoms with van der Waals surface area (Å²) < 4.78 is 1.61. The van der Waals surface area contributed by atoms with E-state index in [1.54, 1.807) is 11.6 Å². The van der Waals surface area contributed by atoms with Gasteiger partial charge in [0.25, 0.3) is 0 Å². The highest BCUT2D eigenvalue weighted by molar-refractivity contribution is 6.33. The quantitative estimate of drug-likeness (QED) is 0.622. The van der Waals surface area contributed by atoms with Crippen LogP contribution < -0.4 is 0 Å². The van der Waals surface area contributed by atoms with Crippen molar-refractivity contribution in [1.82, 2.24) is 9.78 Å². The Morgan fingerprint density at radius 3 is 2.33 bits per heavy atom. The van der Waals surface area contributed by atoms with E-state index < -0.39 is 0 Å². The number of nitrogens with zero attached hydrogens (tertiary/aromatic N) is 3. The maximum atomic E-state index is 10.7. The zero-order valence-corrected chi connectivity index (χ0v) is 15.4. The topological polar surface area (TPSA) is 61.8 Å². The lowest BCUT2D eigenvalue weighted by Crippen LogP contribution is -2.10. The van der Waals surface area contributed by atoms with Gasteiger partial charge in [0.15, 0.2) is 5.76 Å². The number of benzene rings is 1. The highest BCUT2D eigenvalue weighted by atomic mass is 35.5. The average Bonchev–Trinajstić information content (AvgIpc) is 2.82. The fourth-order valence-electron chi connectivity index (χ4n) is 2.52. The highest BCUT2D eigenvalue weighted by Crippen LogP contribution is 2.32. The maximum absolute atomic E-state index is 10.7. The van der Waals surface area contributed by atoms with Crippen molar-refractivity contribution in [1.29, 1.82) is 5.26 Å². The first-order chi connectivity index (χ1) is 11.2. The third-order valence-electron chi connectivity index (χ3n) is 3.97. The van der Waals surface area contributed by atoms with Crippen LogP contribution in [0.1, 0.15) is 50.2 Å². The number of aliphatic hydroxyl groups is 1. The number of halogens is 1. The third kappa shape index (κ3) is 3.32. The van der Waals surface area contributed by atoms with Crippen molar-refractivity contribution >= 4 is 22.9 Å². The molecule has 0 fully saturated rings. The van der Waals surface area contributed by atoms with Crippen LogP contribution in [0, 0.1) is 18.3 Å². The first kappa shape index (κ1) is 18.1. The van der Waals surface area contributed by atoms with E-state index in [2.05, 4.69) is 31.9 Å². The predicted octanol–water partition coefficient (Wildman–Crippen LogP) is 5.11. The molecule has 24 heavy (non-hydrogen) atoms. The third-order valence-corrected chi connectivity index (χ3v) is 4.42. The number of nitriles is 1. The molecule has 0 unspecified atom stereocenters. The molecule has 0 saturated carbocycles. The van der Waals surface area contributed by atoms with Crippen LogP contribution in [0.5, 0.6) is 0 Å². The summed E-state index contributed by atoms with van der Waals surface area (Å²) in [6, 6.07) is 9.74. The fraction of sp³-hybridized carbons (Fsp3) is 0.368. The smallest absolute Gasteiger partial charge is 0.160 e. The Kier molecular flexibility index (Phi) is 5.05. The molecule has 0 amide bonds. The van der Waals surface area contributed by atoms with Crippen LogP contribution in [-0.2, 0) is 12.0 Å². The van der Waals surface area contributed by atoms with Crippen LogP contribution in [0.25, 0.3) is 11.3 Å². The summed E-state index contributed by atoms with van der Waals surface area (Å²) in [5, 5.41) is 24.9. The van der Waals surface area contributed by atoms with Gasteiger partial charge >= 0.3 is 0 Å². The number of hydrogen-bond donors (Lipinski definition) is 1. The second kappa shape index (κ2) is 6.70. The largest absolute Gasteiger partial charge is 0.504 e. The number of aryl methyl sites for hydroxylation is 2. The molecule has 0 aliphatic carbocycles. The number of hydrogen-bond acceptors (Lipinski definition) is 3. The Morgan fingerprint density at radius 1 is 1.29 bits per heavy atom. The van der Waals surface area contributed by atoms with Crippen LogP contribution in [0.4, 0.5) is 0 Å². The van der Waals surface area contributed by atoms with Crippen LogP contribution >= 0.6 is 11.6 Å². The summed E-state index contributed by atoms with van der Waals surface area (Å²) >= 11 is 6.27. The number of allylic oxidation sites excluding steroid dienone is 1. The molecular weight excluding hydrogens is 322 g/mol. The predicted molar refractivity (Wildman–Crippen MR) is 97.8 cm³/mol. The minimum Gasteiger partial charge on any atom is -0.504 e. The van der Waals surface area contributed by atoms with Gasteiger partial charge in [0, 0.05) is 6.54 Å². The summed E-state index contributed by atoms with van der Waals surface area (Å²) in [6.45, 7) is 10.6. The minimum absolute atomic E-state index is 0.0261. The lowest BCUT2D eigenvalue weighted by atomic mass is 9.86. The molecule has 1 N–H and O–H groups in total. The molecule has 4 nitrogen and oxygen atoms in total. The lowest BCUT2D eigenvalue weighted by molar-refractivity contribution is 0.497. The Hall–Kier alpha value is -2.25. The van der Waals surface area contributed by atoms with Gasteiger partial charge in [0.05, 0.1) is 10.7 Å². The van der Waals surface area contributed by atoms with Crippen LogP contribution in [0.15, 0.2) is 24.3 Å². The van der Waals surface area contributed by atoms with E-state index >= 15 is 0 Å². The first-order valence-electron chi connectivity index (χ1n) is 7.88. The Labute approximate surface area is 148 Å². The first-order valence-corrected chi connectivity index (χ1v) is 8.26. The summed E-state index contributed by atoms with van der Waals surface area (Å²) in [5.41, 5.74) is 3.04. The van der Waals surface area contributed by atoms with Crippen molar-refractivity contribution in [3.8, 4) is 6.07 Å². The van der Waals surface area contributed by atoms with Crippen molar-refractivity contribution in [3.63, 3.8) is 0 Å². The van der Waals surface area contributed by atoms with Gasteiger partial charge in [0.1, 0.15) is 17.3 Å². The van der Waals surface area contributed by atoms with Gasteiger partial charge in [-0.05, 0) is 30.4 Å². The van der Waals surface area contributed by atoms with Crippen molar-refractivity contribution < 1.29 is 5.11 Å². The van der Waals surface area contributed by atoms with Gasteiger partial charge < -0.3 is 5.11 Å². The SMILES string of the molecule is CCn1nc(C)c(Cl)c1/C(O)=C(/C#N)c1ccc(C(C)(C)C)cc1. The summed E-state index contributed by atoms with van der Waals surface area (Å²) in [7, 11) is 0. The molecule has 0 spiro atoms. The number of rotatable bonds is 3. The molecule has 1 aromatic heterocycles. The molecule has 1 heterocycles. The van der Waals surface area contributed by atoms with E-state index in [4.69, 9.17) is 11.6 Å². The Balaban J connectivity index is 2.59. The molecule has 2 rings (SSSR count). The van der Waals surface area contributed by atoms with Crippen molar-refractivity contribution in [2.45, 2.75) is 46.6 Å². The molecular formula is C19H22ClN3O. The van der Waals surface area contributed by atoms with E-state index in [1.807, 2.05) is 31.2 Å². The fourth-order valence-corrected chi connectivity index (χ4v) is 2.75. The molecule has 0 radical (unpaired) electrons. The molecule has 5 heteroatoms. The second-order valence-electron chi connectivity index (χ2n) is 6.73. The van der Waals surface area contributed by atoms with Crippen molar-refractivity contribution in [2.24, 2.45) is 0 Å². The summed E-state index contributed by atoms with van der Waals surface area (Å²) in [6.07, 6.45) is 0. The van der Waals surface area contributed by atoms with Gasteiger partial charge in [0.2, 0.25) is 0 Å². The summed E-state index contributed by atoms with van der Waals surface area (Å²) in [4.78, 5) is 0. The molecule has 1 aromatic carbocycles. The van der Waals surface area contributed by atoms with Gasteiger partial charge in [-0.25, -0.2) is 0 Å². The standard InChI is InChI=1S/C19H22ClN3O/c1-6-23-17(16(20)12(2)22-23)18(24)15(11-21)13-7-9-14(10-8-13)19(3,4)5/h7-10,24H,6H2,1-5H3/b18-15+. The van der Waals surface area contributed by atoms with Crippen molar-refractivity contribution in [2.75, 3.05) is 0 Å². The monoisotopic (exact) mass is 343 g/mol. The van der Waals surface area contributed by atoms with Crippen LogP contribution in [-0.4, -0.2) is 14.9 Å². The van der Waals surface area contributed by atoms with Gasteiger partial charge in [-0.2, -0.15) is 10.4 Å². The summed E-state index contributed by atoms with van der Waals surface area (Å²) in [5.74, 6) is -0.145. The Bertz CT molecular complexity index is 818. The van der Waals surface area contributed by atoms with E-state index in [9.17, 15) is 10.4 Å². The normalized spacial score (nSPS) is 12.7. The van der Waals surface area contributed by atoms with E-state index in [0.717, 1.165) is 5.56 Å². The van der Waals surface area contributed by atoms with E-state index in [1.165, 1.54) is 0 Å². The molecule has 2 aromatic rings. The molecule has 0 atom stereocenters. The van der Waals surface area contributed by atoms with Gasteiger partial charge in [-0.15, -0.1) is 0 Å². The van der Waals surface area contributed by atoms with E-state index in [-0.39, 0.29) is 16.7 Å².